The highest BCUT2D eigenvalue weighted by molar-refractivity contribution is 7.89. The van der Waals surface area contributed by atoms with Gasteiger partial charge in [-0.15, -0.1) is 0 Å². The Bertz CT molecular complexity index is 1370. The number of fused-ring (bicyclic) bond motifs is 1. The van der Waals surface area contributed by atoms with Crippen molar-refractivity contribution >= 4 is 50.2 Å². The van der Waals surface area contributed by atoms with E-state index in [2.05, 4.69) is 10.2 Å². The Hall–Kier alpha value is -2.94. The lowest BCUT2D eigenvalue weighted by molar-refractivity contribution is -0.226. The Morgan fingerprint density at radius 2 is 1.74 bits per heavy atom. The van der Waals surface area contributed by atoms with Gasteiger partial charge in [-0.05, 0) is 52.9 Å². The summed E-state index contributed by atoms with van der Waals surface area (Å²) in [5.41, 5.74) is 0. The van der Waals surface area contributed by atoms with E-state index in [-0.39, 0.29) is 23.3 Å². The zero-order valence-electron chi connectivity index (χ0n) is 20.1. The van der Waals surface area contributed by atoms with Crippen molar-refractivity contribution in [2.75, 3.05) is 32.7 Å². The number of hydrogen-bond acceptors (Lipinski definition) is 7. The molecule has 206 valence electrons. The van der Waals surface area contributed by atoms with Gasteiger partial charge < -0.3 is 20.0 Å². The first kappa shape index (κ1) is 28.1. The molecule has 2 aromatic rings. The number of amides is 2. The topological polar surface area (TPSA) is 116 Å². The quantitative estimate of drug-likeness (QED) is 0.522. The molecule has 2 aliphatic heterocycles. The average Bonchev–Trinajstić information content (AvgIpc) is 3.26. The van der Waals surface area contributed by atoms with Crippen LogP contribution in [0.2, 0.25) is 5.02 Å². The number of rotatable bonds is 6. The zero-order chi connectivity index (χ0) is 27.8. The lowest BCUT2D eigenvalue weighted by Crippen LogP contribution is -2.55. The van der Waals surface area contributed by atoms with Crippen LogP contribution in [0, 0.1) is 0 Å². The minimum Gasteiger partial charge on any atom is -0.344 e. The summed E-state index contributed by atoms with van der Waals surface area (Å²) in [5.74, 6) is -4.13. The first-order valence-electron chi connectivity index (χ1n) is 11.6. The van der Waals surface area contributed by atoms with Crippen molar-refractivity contribution in [2.45, 2.75) is 36.5 Å². The number of sulfonamides is 1. The van der Waals surface area contributed by atoms with E-state index in [4.69, 9.17) is 11.6 Å². The average molecular weight is 577 g/mol. The minimum atomic E-state index is -5.53. The lowest BCUT2D eigenvalue weighted by Gasteiger charge is -2.33. The van der Waals surface area contributed by atoms with Crippen molar-refractivity contribution < 1.29 is 40.8 Å². The molecular weight excluding hydrogens is 553 g/mol. The molecule has 1 N–H and O–H groups in total. The Balaban J connectivity index is 1.66. The molecule has 0 saturated carbocycles. The molecule has 0 radical (unpaired) electrons. The maximum Gasteiger partial charge on any atom is 0.492 e. The largest absolute Gasteiger partial charge is 0.492 e. The van der Waals surface area contributed by atoms with Crippen LogP contribution in [0.4, 0.5) is 13.2 Å². The molecule has 4 rings (SSSR count). The molecule has 15 heteroatoms. The lowest BCUT2D eigenvalue weighted by atomic mass is 10.1. The first-order valence-corrected chi connectivity index (χ1v) is 13.5. The predicted octanol–water partition coefficient (Wildman–Crippen LogP) is 1.93. The molecule has 2 fully saturated rings. The molecule has 0 unspecified atom stereocenters. The number of carbonyl (C=O) groups excluding carboxylic acids is 3. The van der Waals surface area contributed by atoms with Crippen LogP contribution in [0.1, 0.15) is 13.3 Å². The summed E-state index contributed by atoms with van der Waals surface area (Å²) in [6, 6.07) is 5.42. The second-order valence-corrected chi connectivity index (χ2v) is 11.1. The number of nitrogens with one attached hydrogen (secondary N) is 1. The molecule has 0 aromatic heterocycles. The number of piperazine rings is 1. The van der Waals surface area contributed by atoms with Gasteiger partial charge in [0.2, 0.25) is 11.8 Å². The summed E-state index contributed by atoms with van der Waals surface area (Å²) in [4.78, 5) is 44.4. The van der Waals surface area contributed by atoms with Crippen LogP contribution in [0.3, 0.4) is 0 Å². The van der Waals surface area contributed by atoms with E-state index in [9.17, 15) is 36.0 Å². The van der Waals surface area contributed by atoms with Crippen molar-refractivity contribution in [3.8, 4) is 0 Å². The SMILES string of the molecule is C[C@@H](C(=O)N1CCNCC1)N1CC[C@H](N(OC(=O)C(F)(F)F)S(=O)(=O)c2ccc3cc(Cl)ccc3c2)C1=O. The van der Waals surface area contributed by atoms with Crippen molar-refractivity contribution in [1.29, 1.82) is 0 Å². The summed E-state index contributed by atoms with van der Waals surface area (Å²) in [6.07, 6.45) is -5.83. The van der Waals surface area contributed by atoms with E-state index >= 15 is 0 Å². The number of benzene rings is 2. The molecular formula is C23H24ClF3N4O6S. The van der Waals surface area contributed by atoms with Crippen LogP contribution >= 0.6 is 11.6 Å². The van der Waals surface area contributed by atoms with Gasteiger partial charge in [0.05, 0.1) is 4.90 Å². The Morgan fingerprint density at radius 1 is 1.11 bits per heavy atom. The van der Waals surface area contributed by atoms with Gasteiger partial charge in [0.15, 0.2) is 0 Å². The number of likely N-dealkylation sites (tertiary alicyclic amines) is 1. The monoisotopic (exact) mass is 576 g/mol. The molecule has 0 spiro atoms. The third kappa shape index (κ3) is 5.58. The fourth-order valence-electron chi connectivity index (χ4n) is 4.42. The van der Waals surface area contributed by atoms with Crippen LogP contribution in [-0.4, -0.2) is 91.5 Å². The van der Waals surface area contributed by atoms with Gasteiger partial charge in [0.25, 0.3) is 10.0 Å². The standard InChI is InChI=1S/C23H24ClF3N4O6S/c1-14(20(32)29-10-7-28-8-11-29)30-9-6-19(21(30)33)31(37-22(34)23(25,26)27)38(35,36)18-5-3-15-12-17(24)4-2-16(15)13-18/h2-5,12-14,19,28H,6-11H2,1H3/t14-,19-/m0/s1. The Kier molecular flexibility index (Phi) is 7.89. The van der Waals surface area contributed by atoms with Gasteiger partial charge in [0.1, 0.15) is 12.1 Å². The third-order valence-corrected chi connectivity index (χ3v) is 8.32. The van der Waals surface area contributed by atoms with Crippen molar-refractivity contribution in [3.05, 3.63) is 41.4 Å². The molecule has 2 saturated heterocycles. The van der Waals surface area contributed by atoms with Gasteiger partial charge in [-0.25, -0.2) is 13.2 Å². The highest BCUT2D eigenvalue weighted by Crippen LogP contribution is 2.31. The summed E-state index contributed by atoms with van der Waals surface area (Å²) in [7, 11) is -4.96. The van der Waals surface area contributed by atoms with Crippen LogP contribution in [0.5, 0.6) is 0 Å². The Labute approximate surface area is 221 Å². The fraction of sp³-hybridized carbons (Fsp3) is 0.435. The summed E-state index contributed by atoms with van der Waals surface area (Å²) < 4.78 is 66.1. The van der Waals surface area contributed by atoms with E-state index in [0.29, 0.717) is 42.0 Å². The predicted molar refractivity (Wildman–Crippen MR) is 129 cm³/mol. The number of nitrogens with zero attached hydrogens (tertiary/aromatic N) is 3. The smallest absolute Gasteiger partial charge is 0.344 e. The molecule has 2 heterocycles. The second kappa shape index (κ2) is 10.7. The molecule has 2 aliphatic rings. The number of carbonyl (C=O) groups is 3. The number of alkyl halides is 3. The van der Waals surface area contributed by atoms with Crippen LogP contribution in [0.25, 0.3) is 10.8 Å². The van der Waals surface area contributed by atoms with Gasteiger partial charge in [0, 0.05) is 37.7 Å². The molecule has 10 nitrogen and oxygen atoms in total. The Morgan fingerprint density at radius 3 is 2.39 bits per heavy atom. The summed E-state index contributed by atoms with van der Waals surface area (Å²) >= 11 is 5.95. The zero-order valence-corrected chi connectivity index (χ0v) is 21.6. The highest BCUT2D eigenvalue weighted by Gasteiger charge is 2.51. The molecule has 2 aromatic carbocycles. The van der Waals surface area contributed by atoms with Gasteiger partial charge in [-0.2, -0.15) is 13.2 Å². The van der Waals surface area contributed by atoms with Gasteiger partial charge in [-0.1, -0.05) is 23.7 Å². The molecule has 2 amide bonds. The molecule has 2 atom stereocenters. The van der Waals surface area contributed by atoms with Crippen molar-refractivity contribution in [1.82, 2.24) is 19.6 Å². The van der Waals surface area contributed by atoms with Crippen LogP contribution in [-0.2, 0) is 29.2 Å². The van der Waals surface area contributed by atoms with Crippen LogP contribution < -0.4 is 5.32 Å². The maximum absolute atomic E-state index is 13.5. The summed E-state index contributed by atoms with van der Waals surface area (Å²) in [5, 5.41) is 4.42. The summed E-state index contributed by atoms with van der Waals surface area (Å²) in [6.45, 7) is 3.27. The maximum atomic E-state index is 13.5. The third-order valence-electron chi connectivity index (χ3n) is 6.43. The molecule has 0 bridgehead atoms. The number of hydrogen-bond donors (Lipinski definition) is 1. The van der Waals surface area contributed by atoms with Crippen molar-refractivity contribution in [2.24, 2.45) is 0 Å². The van der Waals surface area contributed by atoms with Gasteiger partial charge in [-0.3, -0.25) is 9.59 Å². The second-order valence-electron chi connectivity index (χ2n) is 8.88. The minimum absolute atomic E-state index is 0.131. The fourth-order valence-corrected chi connectivity index (χ4v) is 6.02. The molecule has 0 aliphatic carbocycles. The van der Waals surface area contributed by atoms with E-state index in [1.165, 1.54) is 31.2 Å². The van der Waals surface area contributed by atoms with Crippen molar-refractivity contribution in [3.63, 3.8) is 0 Å². The number of halogens is 4. The van der Waals surface area contributed by atoms with E-state index in [0.717, 1.165) is 11.0 Å². The highest BCUT2D eigenvalue weighted by atomic mass is 35.5. The van der Waals surface area contributed by atoms with Gasteiger partial charge >= 0.3 is 12.1 Å². The van der Waals surface area contributed by atoms with Crippen LogP contribution in [0.15, 0.2) is 41.3 Å². The van der Waals surface area contributed by atoms with E-state index < -0.39 is 45.1 Å². The van der Waals surface area contributed by atoms with E-state index in [1.807, 2.05) is 0 Å². The normalized spacial score (nSPS) is 19.7. The van der Waals surface area contributed by atoms with E-state index in [1.54, 1.807) is 11.0 Å². The first-order chi connectivity index (χ1) is 17.8. The molecule has 38 heavy (non-hydrogen) atoms. The number of hydroxylamine groups is 1.